The SMILES string of the molecule is Cc1ccc(NC(=O)c2nnn(CC(=O)Nc3ccc(C(C)C)cc3)c2N)cc1. The van der Waals surface area contributed by atoms with Gasteiger partial charge in [-0.3, -0.25) is 9.59 Å². The van der Waals surface area contributed by atoms with Gasteiger partial charge in [0.1, 0.15) is 6.54 Å². The summed E-state index contributed by atoms with van der Waals surface area (Å²) in [6.07, 6.45) is 0. The average molecular weight is 392 g/mol. The molecule has 0 saturated heterocycles. The maximum absolute atomic E-state index is 12.4. The Morgan fingerprint density at radius 2 is 1.59 bits per heavy atom. The number of nitrogen functional groups attached to an aromatic ring is 1. The first-order chi connectivity index (χ1) is 13.8. The van der Waals surface area contributed by atoms with Crippen LogP contribution in [0.4, 0.5) is 17.2 Å². The van der Waals surface area contributed by atoms with Crippen molar-refractivity contribution < 1.29 is 9.59 Å². The topological polar surface area (TPSA) is 115 Å². The smallest absolute Gasteiger partial charge is 0.280 e. The quantitative estimate of drug-likeness (QED) is 0.596. The summed E-state index contributed by atoms with van der Waals surface area (Å²) in [6, 6.07) is 15.0. The number of benzene rings is 2. The van der Waals surface area contributed by atoms with Crippen molar-refractivity contribution in [3.8, 4) is 0 Å². The number of nitrogens with zero attached hydrogens (tertiary/aromatic N) is 3. The van der Waals surface area contributed by atoms with E-state index in [-0.39, 0.29) is 24.0 Å². The van der Waals surface area contributed by atoms with E-state index in [9.17, 15) is 9.59 Å². The molecule has 0 saturated carbocycles. The van der Waals surface area contributed by atoms with Gasteiger partial charge in [0, 0.05) is 11.4 Å². The number of amides is 2. The Balaban J connectivity index is 1.63. The highest BCUT2D eigenvalue weighted by molar-refractivity contribution is 6.05. The molecule has 0 radical (unpaired) electrons. The Labute approximate surface area is 169 Å². The molecule has 2 amide bonds. The van der Waals surface area contributed by atoms with Crippen LogP contribution in [-0.2, 0) is 11.3 Å². The fourth-order valence-corrected chi connectivity index (χ4v) is 2.71. The Morgan fingerprint density at radius 3 is 2.21 bits per heavy atom. The summed E-state index contributed by atoms with van der Waals surface area (Å²) in [7, 11) is 0. The van der Waals surface area contributed by atoms with Gasteiger partial charge in [-0.25, -0.2) is 4.68 Å². The van der Waals surface area contributed by atoms with Crippen molar-refractivity contribution in [2.45, 2.75) is 33.2 Å². The van der Waals surface area contributed by atoms with E-state index >= 15 is 0 Å². The molecule has 0 atom stereocenters. The molecule has 3 aromatic rings. The van der Waals surface area contributed by atoms with Gasteiger partial charge in [0.05, 0.1) is 0 Å². The molecule has 29 heavy (non-hydrogen) atoms. The molecule has 150 valence electrons. The number of hydrogen-bond donors (Lipinski definition) is 3. The van der Waals surface area contributed by atoms with Crippen molar-refractivity contribution in [3.05, 3.63) is 65.4 Å². The largest absolute Gasteiger partial charge is 0.382 e. The predicted octanol–water partition coefficient (Wildman–Crippen LogP) is 3.18. The zero-order chi connectivity index (χ0) is 21.0. The first kappa shape index (κ1) is 20.1. The molecule has 0 spiro atoms. The van der Waals surface area contributed by atoms with Crippen LogP contribution in [0.3, 0.4) is 0 Å². The van der Waals surface area contributed by atoms with E-state index in [0.717, 1.165) is 5.56 Å². The van der Waals surface area contributed by atoms with Gasteiger partial charge in [-0.2, -0.15) is 0 Å². The molecule has 0 fully saturated rings. The van der Waals surface area contributed by atoms with Gasteiger partial charge in [-0.15, -0.1) is 5.10 Å². The van der Waals surface area contributed by atoms with Gasteiger partial charge in [0.25, 0.3) is 5.91 Å². The van der Waals surface area contributed by atoms with Crippen LogP contribution in [-0.4, -0.2) is 26.8 Å². The van der Waals surface area contributed by atoms with Crippen LogP contribution in [0.5, 0.6) is 0 Å². The minimum atomic E-state index is -0.484. The number of nitrogens with two attached hydrogens (primary N) is 1. The highest BCUT2D eigenvalue weighted by atomic mass is 16.2. The summed E-state index contributed by atoms with van der Waals surface area (Å²) in [6.45, 7) is 6.02. The van der Waals surface area contributed by atoms with Crippen LogP contribution in [0.1, 0.15) is 41.4 Å². The maximum Gasteiger partial charge on any atom is 0.280 e. The molecule has 3 rings (SSSR count). The van der Waals surface area contributed by atoms with E-state index in [1.807, 2.05) is 43.3 Å². The second-order valence-corrected chi connectivity index (χ2v) is 7.13. The number of aromatic nitrogens is 3. The van der Waals surface area contributed by atoms with E-state index in [1.165, 1.54) is 10.2 Å². The summed E-state index contributed by atoms with van der Waals surface area (Å²) in [5.41, 5.74) is 9.51. The van der Waals surface area contributed by atoms with Gasteiger partial charge in [0.15, 0.2) is 11.5 Å². The lowest BCUT2D eigenvalue weighted by molar-refractivity contribution is -0.116. The second-order valence-electron chi connectivity index (χ2n) is 7.13. The average Bonchev–Trinajstić information content (AvgIpc) is 3.04. The molecule has 2 aromatic carbocycles. The fourth-order valence-electron chi connectivity index (χ4n) is 2.71. The molecule has 0 unspecified atom stereocenters. The number of carbonyl (C=O) groups is 2. The molecule has 1 heterocycles. The van der Waals surface area contributed by atoms with Crippen LogP contribution in [0, 0.1) is 6.92 Å². The lowest BCUT2D eigenvalue weighted by atomic mass is 10.0. The fraction of sp³-hybridized carbons (Fsp3) is 0.238. The molecular weight excluding hydrogens is 368 g/mol. The van der Waals surface area contributed by atoms with Crippen molar-refractivity contribution in [1.82, 2.24) is 15.0 Å². The normalized spacial score (nSPS) is 10.8. The monoisotopic (exact) mass is 392 g/mol. The molecule has 4 N–H and O–H groups in total. The Bertz CT molecular complexity index is 1010. The van der Waals surface area contributed by atoms with Gasteiger partial charge in [0.2, 0.25) is 5.91 Å². The Kier molecular flexibility index (Phi) is 5.92. The zero-order valence-corrected chi connectivity index (χ0v) is 16.6. The third-order valence-electron chi connectivity index (χ3n) is 4.45. The molecule has 0 aliphatic carbocycles. The molecule has 0 aliphatic heterocycles. The number of carbonyl (C=O) groups excluding carboxylic acids is 2. The highest BCUT2D eigenvalue weighted by Crippen LogP contribution is 2.17. The van der Waals surface area contributed by atoms with Crippen molar-refractivity contribution in [2.24, 2.45) is 0 Å². The van der Waals surface area contributed by atoms with E-state index in [2.05, 4.69) is 34.8 Å². The molecule has 0 aliphatic rings. The standard InChI is InChI=1S/C21H24N6O2/c1-13(2)15-6-10-16(11-7-15)23-18(28)12-27-20(22)19(25-26-27)21(29)24-17-8-4-14(3)5-9-17/h4-11,13H,12,22H2,1-3H3,(H,23,28)(H,24,29). The number of anilines is 3. The minimum absolute atomic E-state index is 0.0277. The number of aryl methyl sites for hydroxylation is 1. The molecule has 0 bridgehead atoms. The third kappa shape index (κ3) is 4.98. The predicted molar refractivity (Wildman–Crippen MR) is 113 cm³/mol. The van der Waals surface area contributed by atoms with Gasteiger partial charge >= 0.3 is 0 Å². The molecule has 8 heteroatoms. The van der Waals surface area contributed by atoms with Gasteiger partial charge < -0.3 is 16.4 Å². The van der Waals surface area contributed by atoms with E-state index in [1.54, 1.807) is 12.1 Å². The van der Waals surface area contributed by atoms with Crippen molar-refractivity contribution in [3.63, 3.8) is 0 Å². The Morgan fingerprint density at radius 1 is 1.00 bits per heavy atom. The summed E-state index contributed by atoms with van der Waals surface area (Å²) >= 11 is 0. The summed E-state index contributed by atoms with van der Waals surface area (Å²) in [5, 5.41) is 13.1. The van der Waals surface area contributed by atoms with Crippen LogP contribution >= 0.6 is 0 Å². The maximum atomic E-state index is 12.4. The minimum Gasteiger partial charge on any atom is -0.382 e. The summed E-state index contributed by atoms with van der Waals surface area (Å²) in [4.78, 5) is 24.7. The third-order valence-corrected chi connectivity index (χ3v) is 4.45. The lowest BCUT2D eigenvalue weighted by Crippen LogP contribution is -2.21. The number of rotatable bonds is 6. The van der Waals surface area contributed by atoms with Crippen molar-refractivity contribution >= 4 is 29.0 Å². The van der Waals surface area contributed by atoms with E-state index < -0.39 is 5.91 Å². The summed E-state index contributed by atoms with van der Waals surface area (Å²) < 4.78 is 1.20. The van der Waals surface area contributed by atoms with E-state index in [0.29, 0.717) is 17.3 Å². The Hall–Kier alpha value is -3.68. The highest BCUT2D eigenvalue weighted by Gasteiger charge is 2.19. The van der Waals surface area contributed by atoms with Crippen molar-refractivity contribution in [2.75, 3.05) is 16.4 Å². The van der Waals surface area contributed by atoms with Crippen LogP contribution < -0.4 is 16.4 Å². The van der Waals surface area contributed by atoms with Crippen LogP contribution in [0.15, 0.2) is 48.5 Å². The second kappa shape index (κ2) is 8.55. The molecule has 8 nitrogen and oxygen atoms in total. The summed E-state index contributed by atoms with van der Waals surface area (Å²) in [5.74, 6) is -0.356. The van der Waals surface area contributed by atoms with Gasteiger partial charge in [-0.05, 0) is 42.7 Å². The molecule has 1 aromatic heterocycles. The first-order valence-corrected chi connectivity index (χ1v) is 9.30. The number of hydrogen-bond acceptors (Lipinski definition) is 5. The van der Waals surface area contributed by atoms with Gasteiger partial charge in [-0.1, -0.05) is 48.9 Å². The zero-order valence-electron chi connectivity index (χ0n) is 16.6. The van der Waals surface area contributed by atoms with Crippen LogP contribution in [0.25, 0.3) is 0 Å². The van der Waals surface area contributed by atoms with Crippen molar-refractivity contribution in [1.29, 1.82) is 0 Å². The van der Waals surface area contributed by atoms with Crippen LogP contribution in [0.2, 0.25) is 0 Å². The first-order valence-electron chi connectivity index (χ1n) is 9.30. The number of nitrogens with one attached hydrogen (secondary N) is 2. The van der Waals surface area contributed by atoms with E-state index in [4.69, 9.17) is 5.73 Å². The molecular formula is C21H24N6O2. The lowest BCUT2D eigenvalue weighted by Gasteiger charge is -2.09.